The van der Waals surface area contributed by atoms with E-state index in [4.69, 9.17) is 0 Å². The van der Waals surface area contributed by atoms with Gasteiger partial charge in [0.1, 0.15) is 11.5 Å². The van der Waals surface area contributed by atoms with Crippen molar-refractivity contribution in [1.29, 1.82) is 0 Å². The molecular weight excluding hydrogens is 348 g/mol. The summed E-state index contributed by atoms with van der Waals surface area (Å²) in [5.74, 6) is 1.10. The zero-order valence-corrected chi connectivity index (χ0v) is 18.5. The molecule has 1 aromatic rings. The Kier molecular flexibility index (Phi) is 8.00. The van der Waals surface area contributed by atoms with Gasteiger partial charge < -0.3 is 15.3 Å². The molecule has 1 aliphatic rings. The van der Waals surface area contributed by atoms with Crippen molar-refractivity contribution in [2.45, 2.75) is 90.9 Å². The molecule has 0 amide bonds. The number of unbranched alkanes of at least 4 members (excludes halogenated alkanes) is 3. The minimum atomic E-state index is -0.0860. The van der Waals surface area contributed by atoms with Crippen LogP contribution in [-0.2, 0) is 5.41 Å². The summed E-state index contributed by atoms with van der Waals surface area (Å²) in [7, 11) is 0. The van der Waals surface area contributed by atoms with Crippen LogP contribution in [0.3, 0.4) is 0 Å². The molecule has 0 saturated carbocycles. The highest BCUT2D eigenvalue weighted by molar-refractivity contribution is 5.52. The van der Waals surface area contributed by atoms with Crippen LogP contribution in [-0.4, -0.2) is 21.9 Å². The van der Waals surface area contributed by atoms with E-state index in [-0.39, 0.29) is 29.4 Å². The number of phenols is 2. The molecule has 0 saturated heterocycles. The standard InChI is InChI=1S/C25H40O3/c1-6-7-8-9-12-25(4,5)19-14-22(27)24(23(28)15-19)21-13-18(16-26)10-11-20(21)17(2)3/h13-15,17,20-21,26-28H,6-12,16H2,1-5H3/t20?,21-/m0/s1. The Morgan fingerprint density at radius 1 is 1.07 bits per heavy atom. The van der Waals surface area contributed by atoms with E-state index in [9.17, 15) is 15.3 Å². The number of hydrogen-bond donors (Lipinski definition) is 3. The molecule has 0 radical (unpaired) electrons. The maximum absolute atomic E-state index is 10.9. The normalized spacial score (nSPS) is 20.5. The molecule has 1 aliphatic carbocycles. The van der Waals surface area contributed by atoms with Crippen molar-refractivity contribution in [3.63, 3.8) is 0 Å². The fourth-order valence-electron chi connectivity index (χ4n) is 4.66. The number of rotatable bonds is 9. The smallest absolute Gasteiger partial charge is 0.123 e. The fraction of sp³-hybridized carbons (Fsp3) is 0.680. The van der Waals surface area contributed by atoms with E-state index in [1.807, 2.05) is 12.1 Å². The number of aliphatic hydroxyl groups is 1. The first kappa shape index (κ1) is 22.8. The average molecular weight is 389 g/mol. The zero-order valence-electron chi connectivity index (χ0n) is 18.5. The van der Waals surface area contributed by atoms with E-state index in [0.29, 0.717) is 17.4 Å². The summed E-state index contributed by atoms with van der Waals surface area (Å²) < 4.78 is 0. The van der Waals surface area contributed by atoms with Gasteiger partial charge in [-0.15, -0.1) is 0 Å². The van der Waals surface area contributed by atoms with Crippen molar-refractivity contribution < 1.29 is 15.3 Å². The second kappa shape index (κ2) is 9.82. The Labute approximate surface area is 171 Å². The third-order valence-electron chi connectivity index (χ3n) is 6.64. The Hall–Kier alpha value is -1.48. The van der Waals surface area contributed by atoms with Crippen LogP contribution in [0.5, 0.6) is 11.5 Å². The quantitative estimate of drug-likeness (QED) is 0.338. The number of aromatic hydroxyl groups is 2. The third-order valence-corrected chi connectivity index (χ3v) is 6.64. The van der Waals surface area contributed by atoms with Crippen molar-refractivity contribution in [3.8, 4) is 11.5 Å². The topological polar surface area (TPSA) is 60.7 Å². The molecule has 3 N–H and O–H groups in total. The summed E-state index contributed by atoms with van der Waals surface area (Å²) in [6.45, 7) is 11.0. The molecule has 3 nitrogen and oxygen atoms in total. The lowest BCUT2D eigenvalue weighted by Crippen LogP contribution is -2.23. The summed E-state index contributed by atoms with van der Waals surface area (Å²) in [5, 5.41) is 31.4. The molecule has 0 spiro atoms. The van der Waals surface area contributed by atoms with Gasteiger partial charge in [0.05, 0.1) is 6.61 Å². The van der Waals surface area contributed by atoms with E-state index in [1.54, 1.807) is 0 Å². The molecule has 0 fully saturated rings. The molecular formula is C25H40O3. The van der Waals surface area contributed by atoms with E-state index in [0.717, 1.165) is 36.8 Å². The Bertz CT molecular complexity index is 649. The van der Waals surface area contributed by atoms with Crippen LogP contribution in [0.15, 0.2) is 23.8 Å². The highest BCUT2D eigenvalue weighted by atomic mass is 16.3. The predicted octanol–water partition coefficient (Wildman–Crippen LogP) is 6.41. The number of hydrogen-bond acceptors (Lipinski definition) is 3. The molecule has 3 heteroatoms. The number of aliphatic hydroxyl groups excluding tert-OH is 1. The molecule has 158 valence electrons. The van der Waals surface area contributed by atoms with Crippen LogP contribution < -0.4 is 0 Å². The first-order valence-corrected chi connectivity index (χ1v) is 11.1. The van der Waals surface area contributed by atoms with Crippen LogP contribution in [0, 0.1) is 11.8 Å². The second-order valence-corrected chi connectivity index (χ2v) is 9.58. The lowest BCUT2D eigenvalue weighted by molar-refractivity contribution is 0.277. The molecule has 0 aromatic heterocycles. The zero-order chi connectivity index (χ0) is 20.9. The Morgan fingerprint density at radius 3 is 2.25 bits per heavy atom. The number of benzene rings is 1. The lowest BCUT2D eigenvalue weighted by atomic mass is 9.71. The molecule has 1 unspecified atom stereocenters. The van der Waals surface area contributed by atoms with Crippen LogP contribution in [0.2, 0.25) is 0 Å². The highest BCUT2D eigenvalue weighted by Gasteiger charge is 2.33. The molecule has 2 rings (SSSR count). The maximum Gasteiger partial charge on any atom is 0.123 e. The minimum absolute atomic E-state index is 0.0473. The van der Waals surface area contributed by atoms with E-state index >= 15 is 0 Å². The highest BCUT2D eigenvalue weighted by Crippen LogP contribution is 2.48. The van der Waals surface area contributed by atoms with Gasteiger partial charge in [0.25, 0.3) is 0 Å². The van der Waals surface area contributed by atoms with Gasteiger partial charge >= 0.3 is 0 Å². The van der Waals surface area contributed by atoms with Gasteiger partial charge in [0.15, 0.2) is 0 Å². The summed E-state index contributed by atoms with van der Waals surface area (Å²) in [5.41, 5.74) is 2.53. The largest absolute Gasteiger partial charge is 0.507 e. The van der Waals surface area contributed by atoms with Crippen LogP contribution in [0.1, 0.15) is 96.6 Å². The summed E-state index contributed by atoms with van der Waals surface area (Å²) in [6.07, 6.45) is 9.82. The van der Waals surface area contributed by atoms with Gasteiger partial charge in [-0.3, -0.25) is 0 Å². The van der Waals surface area contributed by atoms with Crippen molar-refractivity contribution in [3.05, 3.63) is 34.9 Å². The van der Waals surface area contributed by atoms with E-state index in [1.165, 1.54) is 19.3 Å². The maximum atomic E-state index is 10.9. The van der Waals surface area contributed by atoms with Crippen molar-refractivity contribution >= 4 is 0 Å². The van der Waals surface area contributed by atoms with Gasteiger partial charge in [-0.2, -0.15) is 0 Å². The van der Waals surface area contributed by atoms with Gasteiger partial charge in [-0.1, -0.05) is 66.4 Å². The number of phenolic OH excluding ortho intramolecular Hbond substituents is 2. The summed E-state index contributed by atoms with van der Waals surface area (Å²) >= 11 is 0. The van der Waals surface area contributed by atoms with Gasteiger partial charge in [0, 0.05) is 11.5 Å². The van der Waals surface area contributed by atoms with Crippen LogP contribution >= 0.6 is 0 Å². The van der Waals surface area contributed by atoms with Crippen LogP contribution in [0.25, 0.3) is 0 Å². The minimum Gasteiger partial charge on any atom is -0.507 e. The first-order chi connectivity index (χ1) is 13.2. The molecule has 2 atom stereocenters. The lowest BCUT2D eigenvalue weighted by Gasteiger charge is -2.34. The van der Waals surface area contributed by atoms with Gasteiger partial charge in [-0.05, 0) is 59.8 Å². The molecule has 28 heavy (non-hydrogen) atoms. The Morgan fingerprint density at radius 2 is 1.71 bits per heavy atom. The summed E-state index contributed by atoms with van der Waals surface area (Å²) in [6, 6.07) is 3.71. The molecule has 0 heterocycles. The van der Waals surface area contributed by atoms with Crippen molar-refractivity contribution in [2.24, 2.45) is 11.8 Å². The second-order valence-electron chi connectivity index (χ2n) is 9.58. The molecule has 0 bridgehead atoms. The Balaban J connectivity index is 2.34. The SMILES string of the molecule is CCCCCCC(C)(C)c1cc(O)c([C@H]2C=C(CO)CCC2C(C)C)c(O)c1. The van der Waals surface area contributed by atoms with Gasteiger partial charge in [0.2, 0.25) is 0 Å². The van der Waals surface area contributed by atoms with Crippen LogP contribution in [0.4, 0.5) is 0 Å². The first-order valence-electron chi connectivity index (χ1n) is 11.1. The number of allylic oxidation sites excluding steroid dienone is 1. The summed E-state index contributed by atoms with van der Waals surface area (Å²) in [4.78, 5) is 0. The van der Waals surface area contributed by atoms with E-state index < -0.39 is 0 Å². The molecule has 1 aromatic carbocycles. The van der Waals surface area contributed by atoms with Gasteiger partial charge in [-0.25, -0.2) is 0 Å². The monoisotopic (exact) mass is 388 g/mol. The van der Waals surface area contributed by atoms with E-state index in [2.05, 4.69) is 40.7 Å². The van der Waals surface area contributed by atoms with Crippen molar-refractivity contribution in [1.82, 2.24) is 0 Å². The predicted molar refractivity (Wildman–Crippen MR) is 117 cm³/mol. The van der Waals surface area contributed by atoms with Crippen molar-refractivity contribution in [2.75, 3.05) is 6.61 Å². The fourth-order valence-corrected chi connectivity index (χ4v) is 4.66. The average Bonchev–Trinajstić information content (AvgIpc) is 2.64. The molecule has 0 aliphatic heterocycles. The third kappa shape index (κ3) is 5.31.